The van der Waals surface area contributed by atoms with Gasteiger partial charge in [-0.15, -0.1) is 0 Å². The molecule has 17 heavy (non-hydrogen) atoms. The van der Waals surface area contributed by atoms with Gasteiger partial charge in [0.05, 0.1) is 23.2 Å². The maximum Gasteiger partial charge on any atom is 0.490 e. The second-order valence-corrected chi connectivity index (χ2v) is 5.97. The predicted octanol–water partition coefficient (Wildman–Crippen LogP) is 2.87. The Bertz CT molecular complexity index is 365. The van der Waals surface area contributed by atoms with E-state index in [0.29, 0.717) is 0 Å². The summed E-state index contributed by atoms with van der Waals surface area (Å²) in [5, 5.41) is 8.87. The van der Waals surface area contributed by atoms with Gasteiger partial charge in [0.1, 0.15) is 0 Å². The van der Waals surface area contributed by atoms with Crippen LogP contribution < -0.4 is 0 Å². The normalized spacial score (nSPS) is 30.9. The first-order valence-electron chi connectivity index (χ1n) is 6.30. The quantitative estimate of drug-likeness (QED) is 0.654. The SMILES string of the molecule is CC1(C)OB(C2=CCC(C#N)CC2)OC1(C)C. The molecule has 1 unspecified atom stereocenters. The van der Waals surface area contributed by atoms with Gasteiger partial charge < -0.3 is 9.31 Å². The zero-order chi connectivity index (χ0) is 12.7. The van der Waals surface area contributed by atoms with E-state index in [0.717, 1.165) is 19.3 Å². The van der Waals surface area contributed by atoms with Crippen LogP contribution in [0.3, 0.4) is 0 Å². The summed E-state index contributed by atoms with van der Waals surface area (Å²) in [6.45, 7) is 8.26. The van der Waals surface area contributed by atoms with E-state index in [2.05, 4.69) is 39.8 Å². The lowest BCUT2D eigenvalue weighted by Crippen LogP contribution is -2.41. The van der Waals surface area contributed by atoms with Crippen molar-refractivity contribution in [2.75, 3.05) is 0 Å². The highest BCUT2D eigenvalue weighted by Gasteiger charge is 2.52. The Morgan fingerprint density at radius 1 is 1.29 bits per heavy atom. The molecule has 1 aliphatic heterocycles. The Kier molecular flexibility index (Phi) is 3.09. The smallest absolute Gasteiger partial charge is 0.400 e. The van der Waals surface area contributed by atoms with Gasteiger partial charge in [-0.3, -0.25) is 0 Å². The van der Waals surface area contributed by atoms with Gasteiger partial charge in [0, 0.05) is 0 Å². The summed E-state index contributed by atoms with van der Waals surface area (Å²) in [4.78, 5) is 0. The molecule has 0 bridgehead atoms. The molecule has 1 fully saturated rings. The largest absolute Gasteiger partial charge is 0.490 e. The average Bonchev–Trinajstić information content (AvgIpc) is 2.48. The summed E-state index contributed by atoms with van der Waals surface area (Å²) in [7, 11) is -0.223. The molecule has 0 N–H and O–H groups in total. The summed E-state index contributed by atoms with van der Waals surface area (Å²) in [5.74, 6) is 0.168. The van der Waals surface area contributed by atoms with Crippen LogP contribution in [0, 0.1) is 17.2 Å². The lowest BCUT2D eigenvalue weighted by atomic mass is 9.71. The predicted molar refractivity (Wildman–Crippen MR) is 67.1 cm³/mol. The Hall–Kier alpha value is -0.785. The topological polar surface area (TPSA) is 42.2 Å². The molecule has 0 amide bonds. The first-order chi connectivity index (χ1) is 7.86. The number of hydrogen-bond donors (Lipinski definition) is 0. The zero-order valence-electron chi connectivity index (χ0n) is 11.1. The second-order valence-electron chi connectivity index (χ2n) is 5.97. The standard InChI is InChI=1S/C13H20BNO2/c1-12(2)13(3,4)17-14(16-12)11-7-5-10(9-15)6-8-11/h7,10H,5-6,8H2,1-4H3. The summed E-state index contributed by atoms with van der Waals surface area (Å²) < 4.78 is 12.0. The van der Waals surface area contributed by atoms with Gasteiger partial charge in [0.25, 0.3) is 0 Å². The number of allylic oxidation sites excluding steroid dienone is 2. The molecule has 1 aliphatic carbocycles. The first-order valence-corrected chi connectivity index (χ1v) is 6.30. The molecule has 92 valence electrons. The van der Waals surface area contributed by atoms with Crippen molar-refractivity contribution < 1.29 is 9.31 Å². The molecule has 3 nitrogen and oxygen atoms in total. The van der Waals surface area contributed by atoms with Crippen molar-refractivity contribution in [2.45, 2.75) is 58.2 Å². The molecule has 4 heteroatoms. The van der Waals surface area contributed by atoms with Crippen LogP contribution in [0.2, 0.25) is 0 Å². The fourth-order valence-electron chi connectivity index (χ4n) is 2.18. The fraction of sp³-hybridized carbons (Fsp3) is 0.769. The minimum absolute atomic E-state index is 0.168. The van der Waals surface area contributed by atoms with Gasteiger partial charge in [0.2, 0.25) is 0 Å². The molecule has 0 radical (unpaired) electrons. The first kappa shape index (κ1) is 12.7. The van der Waals surface area contributed by atoms with Gasteiger partial charge in [-0.2, -0.15) is 5.26 Å². The number of hydrogen-bond acceptors (Lipinski definition) is 3. The lowest BCUT2D eigenvalue weighted by molar-refractivity contribution is 0.00578. The minimum Gasteiger partial charge on any atom is -0.400 e. The average molecular weight is 233 g/mol. The van der Waals surface area contributed by atoms with E-state index in [1.807, 2.05) is 0 Å². The van der Waals surface area contributed by atoms with Crippen LogP contribution >= 0.6 is 0 Å². The third kappa shape index (κ3) is 2.27. The maximum atomic E-state index is 8.87. The van der Waals surface area contributed by atoms with E-state index in [-0.39, 0.29) is 24.2 Å². The van der Waals surface area contributed by atoms with Crippen molar-refractivity contribution in [3.05, 3.63) is 11.5 Å². The van der Waals surface area contributed by atoms with Crippen LogP contribution in [-0.4, -0.2) is 18.3 Å². The molecule has 0 spiro atoms. The zero-order valence-corrected chi connectivity index (χ0v) is 11.1. The van der Waals surface area contributed by atoms with Crippen molar-refractivity contribution in [3.8, 4) is 6.07 Å². The van der Waals surface area contributed by atoms with Crippen LogP contribution in [0.4, 0.5) is 0 Å². The molecule has 0 aromatic heterocycles. The molecule has 0 aromatic carbocycles. The third-order valence-electron chi connectivity index (χ3n) is 4.18. The Morgan fingerprint density at radius 2 is 1.88 bits per heavy atom. The van der Waals surface area contributed by atoms with Crippen LogP contribution in [0.1, 0.15) is 47.0 Å². The van der Waals surface area contributed by atoms with Crippen LogP contribution in [-0.2, 0) is 9.31 Å². The Labute approximate surface area is 104 Å². The van der Waals surface area contributed by atoms with Crippen LogP contribution in [0.15, 0.2) is 11.5 Å². The minimum atomic E-state index is -0.273. The molecule has 1 saturated heterocycles. The Morgan fingerprint density at radius 3 is 2.29 bits per heavy atom. The van der Waals surface area contributed by atoms with Crippen molar-refractivity contribution >= 4 is 7.12 Å². The molecule has 1 atom stereocenters. The molecule has 1 heterocycles. The highest BCUT2D eigenvalue weighted by atomic mass is 16.7. The molecular formula is C13H20BNO2. The fourth-order valence-corrected chi connectivity index (χ4v) is 2.18. The summed E-state index contributed by atoms with van der Waals surface area (Å²) >= 11 is 0. The third-order valence-corrected chi connectivity index (χ3v) is 4.18. The van der Waals surface area contributed by atoms with E-state index in [9.17, 15) is 0 Å². The highest BCUT2D eigenvalue weighted by molar-refractivity contribution is 6.54. The second kappa shape index (κ2) is 4.15. The number of nitriles is 1. The molecular weight excluding hydrogens is 213 g/mol. The highest BCUT2D eigenvalue weighted by Crippen LogP contribution is 2.40. The van der Waals surface area contributed by atoms with Crippen molar-refractivity contribution in [1.29, 1.82) is 5.26 Å². The summed E-state index contributed by atoms with van der Waals surface area (Å²) in [6.07, 6.45) is 4.79. The van der Waals surface area contributed by atoms with Crippen molar-refractivity contribution in [2.24, 2.45) is 5.92 Å². The Balaban J connectivity index is 2.08. The number of rotatable bonds is 1. The lowest BCUT2D eigenvalue weighted by Gasteiger charge is -2.32. The van der Waals surface area contributed by atoms with E-state index in [1.54, 1.807) is 0 Å². The number of nitrogens with zero attached hydrogens (tertiary/aromatic N) is 1. The molecule has 2 aliphatic rings. The summed E-state index contributed by atoms with van der Waals surface area (Å²) in [5.41, 5.74) is 0.657. The van der Waals surface area contributed by atoms with E-state index >= 15 is 0 Å². The van der Waals surface area contributed by atoms with E-state index < -0.39 is 0 Å². The van der Waals surface area contributed by atoms with E-state index in [4.69, 9.17) is 14.6 Å². The van der Waals surface area contributed by atoms with E-state index in [1.165, 1.54) is 5.47 Å². The van der Waals surface area contributed by atoms with Gasteiger partial charge >= 0.3 is 7.12 Å². The van der Waals surface area contributed by atoms with Gasteiger partial charge in [-0.1, -0.05) is 6.08 Å². The van der Waals surface area contributed by atoms with Gasteiger partial charge in [0.15, 0.2) is 0 Å². The van der Waals surface area contributed by atoms with Crippen LogP contribution in [0.25, 0.3) is 0 Å². The van der Waals surface area contributed by atoms with Crippen molar-refractivity contribution in [3.63, 3.8) is 0 Å². The van der Waals surface area contributed by atoms with Crippen LogP contribution in [0.5, 0.6) is 0 Å². The van der Waals surface area contributed by atoms with Crippen molar-refractivity contribution in [1.82, 2.24) is 0 Å². The van der Waals surface area contributed by atoms with Gasteiger partial charge in [-0.05, 0) is 52.4 Å². The summed E-state index contributed by atoms with van der Waals surface area (Å²) in [6, 6.07) is 2.32. The monoisotopic (exact) mass is 233 g/mol. The molecule has 0 aromatic rings. The maximum absolute atomic E-state index is 8.87. The molecule has 0 saturated carbocycles. The molecule has 2 rings (SSSR count). The van der Waals surface area contributed by atoms with Gasteiger partial charge in [-0.25, -0.2) is 0 Å².